The van der Waals surface area contributed by atoms with Crippen molar-refractivity contribution in [3.05, 3.63) is 76.0 Å². The number of amides is 2. The van der Waals surface area contributed by atoms with Crippen LogP contribution in [0.1, 0.15) is 41.3 Å². The zero-order chi connectivity index (χ0) is 24.1. The number of carbonyl (C=O) groups excluding carboxylic acids is 2. The molecule has 33 heavy (non-hydrogen) atoms. The van der Waals surface area contributed by atoms with E-state index in [1.54, 1.807) is 54.5 Å². The number of anilines is 1. The summed E-state index contributed by atoms with van der Waals surface area (Å²) in [7, 11) is 1.71. The van der Waals surface area contributed by atoms with Gasteiger partial charge in [-0.05, 0) is 35.7 Å². The number of nitriles is 1. The number of nitrogens with zero attached hydrogens (tertiary/aromatic N) is 2. The maximum Gasteiger partial charge on any atom is 0.254 e. The van der Waals surface area contributed by atoms with Gasteiger partial charge in [-0.3, -0.25) is 9.59 Å². The van der Waals surface area contributed by atoms with Gasteiger partial charge in [0.15, 0.2) is 0 Å². The van der Waals surface area contributed by atoms with Crippen LogP contribution in [0.15, 0.2) is 54.2 Å². The molecule has 2 atom stereocenters. The molecule has 1 aliphatic rings. The highest BCUT2D eigenvalue weighted by Crippen LogP contribution is 2.38. The Bertz CT molecular complexity index is 1150. The van der Waals surface area contributed by atoms with Gasteiger partial charge in [0, 0.05) is 47.9 Å². The third-order valence-electron chi connectivity index (χ3n) is 5.40. The number of nitrogens with one attached hydrogen (secondary N) is 3. The molecular weight excluding hydrogens is 438 g/mol. The number of carbonyl (C=O) groups is 2. The number of benzene rings is 2. The van der Waals surface area contributed by atoms with E-state index in [1.807, 2.05) is 19.9 Å². The lowest BCUT2D eigenvalue weighted by Crippen LogP contribution is -2.53. The predicted molar refractivity (Wildman–Crippen MR) is 130 cm³/mol. The summed E-state index contributed by atoms with van der Waals surface area (Å²) in [6.45, 7) is 4.43. The second kappa shape index (κ2) is 10.3. The lowest BCUT2D eigenvalue weighted by Gasteiger charge is -2.42. The summed E-state index contributed by atoms with van der Waals surface area (Å²) in [5.41, 5.74) is 2.28. The fraction of sp³-hybridized carbons (Fsp3) is 0.280. The van der Waals surface area contributed by atoms with Gasteiger partial charge >= 0.3 is 0 Å². The standard InChI is InChI=1S/C25H26ClN5O2/c1-15(2)14-31-23(17(12-28)13-29-3)22(20-6-4-5-7-21(20)25(31)33)24(32)30-19-9-16(11-27)8-18(26)10-19/h4-10,12-13,15,22-23,28-29H,14H2,1-3H3,(H,30,32)/b17-13+,28-12?/t22-,23+/m1/s1. The highest BCUT2D eigenvalue weighted by atomic mass is 35.5. The monoisotopic (exact) mass is 463 g/mol. The Kier molecular flexibility index (Phi) is 7.52. The molecular formula is C25H26ClN5O2. The van der Waals surface area contributed by atoms with Crippen molar-refractivity contribution in [3.63, 3.8) is 0 Å². The number of fused-ring (bicyclic) bond motifs is 1. The number of halogens is 1. The summed E-state index contributed by atoms with van der Waals surface area (Å²) in [6, 6.07) is 13.0. The lowest BCUT2D eigenvalue weighted by molar-refractivity contribution is -0.118. The van der Waals surface area contributed by atoms with Crippen LogP contribution < -0.4 is 10.6 Å². The maximum absolute atomic E-state index is 13.7. The van der Waals surface area contributed by atoms with E-state index in [0.717, 1.165) is 0 Å². The number of rotatable bonds is 7. The largest absolute Gasteiger partial charge is 0.394 e. The molecule has 0 unspecified atom stereocenters. The minimum Gasteiger partial charge on any atom is -0.394 e. The van der Waals surface area contributed by atoms with E-state index in [-0.39, 0.29) is 17.7 Å². The first kappa shape index (κ1) is 24.0. The predicted octanol–water partition coefficient (Wildman–Crippen LogP) is 4.17. The Labute approximate surface area is 198 Å². The van der Waals surface area contributed by atoms with Gasteiger partial charge in [0.25, 0.3) is 5.91 Å². The maximum atomic E-state index is 13.7. The average Bonchev–Trinajstić information content (AvgIpc) is 2.78. The molecule has 2 aromatic rings. The van der Waals surface area contributed by atoms with Crippen LogP contribution in [0.4, 0.5) is 5.69 Å². The smallest absolute Gasteiger partial charge is 0.254 e. The van der Waals surface area contributed by atoms with Crippen LogP contribution in [0.25, 0.3) is 0 Å². The van der Waals surface area contributed by atoms with Crippen LogP contribution in [0.5, 0.6) is 0 Å². The average molecular weight is 464 g/mol. The lowest BCUT2D eigenvalue weighted by atomic mass is 9.78. The second-order valence-corrected chi connectivity index (χ2v) is 8.70. The highest BCUT2D eigenvalue weighted by Gasteiger charge is 2.44. The Hall–Kier alpha value is -3.63. The molecule has 0 aromatic heterocycles. The molecule has 1 aliphatic heterocycles. The van der Waals surface area contributed by atoms with Crippen LogP contribution in [0.3, 0.4) is 0 Å². The molecule has 170 valence electrons. The summed E-state index contributed by atoms with van der Waals surface area (Å²) in [5.74, 6) is -1.16. The minimum absolute atomic E-state index is 0.151. The van der Waals surface area contributed by atoms with E-state index in [1.165, 1.54) is 12.3 Å². The minimum atomic E-state index is -0.775. The second-order valence-electron chi connectivity index (χ2n) is 8.27. The Morgan fingerprint density at radius 3 is 2.67 bits per heavy atom. The molecule has 0 spiro atoms. The van der Waals surface area contributed by atoms with Gasteiger partial charge in [0.05, 0.1) is 23.6 Å². The molecule has 0 radical (unpaired) electrons. The zero-order valence-electron chi connectivity index (χ0n) is 18.7. The third-order valence-corrected chi connectivity index (χ3v) is 5.61. The summed E-state index contributed by atoms with van der Waals surface area (Å²) in [4.78, 5) is 28.8. The molecule has 0 fully saturated rings. The number of hydrogen-bond donors (Lipinski definition) is 3. The van der Waals surface area contributed by atoms with Crippen molar-refractivity contribution in [3.8, 4) is 6.07 Å². The van der Waals surface area contributed by atoms with Crippen molar-refractivity contribution in [2.75, 3.05) is 18.9 Å². The van der Waals surface area contributed by atoms with Crippen LogP contribution in [0.2, 0.25) is 5.02 Å². The normalized spacial score (nSPS) is 17.9. The first-order valence-corrected chi connectivity index (χ1v) is 11.0. The summed E-state index contributed by atoms with van der Waals surface area (Å²) >= 11 is 6.12. The van der Waals surface area contributed by atoms with Crippen molar-refractivity contribution in [1.82, 2.24) is 10.2 Å². The van der Waals surface area contributed by atoms with Gasteiger partial charge in [0.2, 0.25) is 5.91 Å². The quantitative estimate of drug-likeness (QED) is 0.535. The van der Waals surface area contributed by atoms with Crippen LogP contribution in [-0.4, -0.2) is 42.6 Å². The molecule has 0 saturated heterocycles. The van der Waals surface area contributed by atoms with E-state index in [9.17, 15) is 14.9 Å². The van der Waals surface area contributed by atoms with Crippen molar-refractivity contribution < 1.29 is 9.59 Å². The zero-order valence-corrected chi connectivity index (χ0v) is 19.5. The molecule has 0 bridgehead atoms. The van der Waals surface area contributed by atoms with Crippen LogP contribution >= 0.6 is 11.6 Å². The Morgan fingerprint density at radius 2 is 2.03 bits per heavy atom. The Morgan fingerprint density at radius 1 is 1.30 bits per heavy atom. The molecule has 7 nitrogen and oxygen atoms in total. The topological polar surface area (TPSA) is 109 Å². The van der Waals surface area contributed by atoms with E-state index in [0.29, 0.717) is 39.5 Å². The van der Waals surface area contributed by atoms with E-state index in [4.69, 9.17) is 17.0 Å². The van der Waals surface area contributed by atoms with E-state index >= 15 is 0 Å². The highest BCUT2D eigenvalue weighted by molar-refractivity contribution is 6.31. The van der Waals surface area contributed by atoms with Gasteiger partial charge in [-0.1, -0.05) is 43.6 Å². The fourth-order valence-corrected chi connectivity index (χ4v) is 4.40. The Balaban J connectivity index is 2.16. The summed E-state index contributed by atoms with van der Waals surface area (Å²) < 4.78 is 0. The van der Waals surface area contributed by atoms with Gasteiger partial charge in [0.1, 0.15) is 0 Å². The molecule has 8 heteroatoms. The van der Waals surface area contributed by atoms with Crippen LogP contribution in [0, 0.1) is 22.7 Å². The van der Waals surface area contributed by atoms with Gasteiger partial charge < -0.3 is 20.9 Å². The van der Waals surface area contributed by atoms with Crippen molar-refractivity contribution >= 4 is 35.3 Å². The van der Waals surface area contributed by atoms with Crippen molar-refractivity contribution in [2.45, 2.75) is 25.8 Å². The van der Waals surface area contributed by atoms with Crippen molar-refractivity contribution in [1.29, 1.82) is 10.7 Å². The van der Waals surface area contributed by atoms with E-state index < -0.39 is 12.0 Å². The molecule has 0 aliphatic carbocycles. The molecule has 1 heterocycles. The van der Waals surface area contributed by atoms with E-state index in [2.05, 4.69) is 10.6 Å². The first-order chi connectivity index (χ1) is 15.8. The third kappa shape index (κ3) is 5.07. The van der Waals surface area contributed by atoms with Gasteiger partial charge in [-0.15, -0.1) is 0 Å². The summed E-state index contributed by atoms with van der Waals surface area (Å²) in [5, 5.41) is 23.4. The first-order valence-electron chi connectivity index (χ1n) is 10.6. The van der Waals surface area contributed by atoms with Crippen molar-refractivity contribution in [2.24, 2.45) is 5.92 Å². The molecule has 0 saturated carbocycles. The van der Waals surface area contributed by atoms with Gasteiger partial charge in [-0.25, -0.2) is 0 Å². The SMILES string of the molecule is CN/C=C(\C=N)[C@H]1[C@H](C(=O)Nc2cc(Cl)cc(C#N)c2)c2ccccc2C(=O)N1CC(C)C. The molecule has 2 amide bonds. The molecule has 2 aromatic carbocycles. The summed E-state index contributed by atoms with van der Waals surface area (Å²) in [6.07, 6.45) is 2.81. The van der Waals surface area contributed by atoms with Gasteiger partial charge in [-0.2, -0.15) is 5.26 Å². The molecule has 3 N–H and O–H groups in total. The fourth-order valence-electron chi connectivity index (χ4n) is 4.17. The molecule has 3 rings (SSSR count). The number of hydrogen-bond acceptors (Lipinski definition) is 5. The van der Waals surface area contributed by atoms with Crippen LogP contribution in [-0.2, 0) is 4.79 Å².